The van der Waals surface area contributed by atoms with Gasteiger partial charge in [0.15, 0.2) is 5.69 Å². The van der Waals surface area contributed by atoms with Gasteiger partial charge in [-0.05, 0) is 45.2 Å². The largest absolute Gasteiger partial charge is 0.476 e. The van der Waals surface area contributed by atoms with Crippen molar-refractivity contribution in [1.29, 1.82) is 0 Å². The first-order valence-corrected chi connectivity index (χ1v) is 13.2. The number of carbonyl (C=O) groups excluding carboxylic acids is 1. The Kier molecular flexibility index (Phi) is 8.21. The number of nitrogens with one attached hydrogen (secondary N) is 1. The number of hydrogen-bond donors (Lipinski definition) is 2. The Labute approximate surface area is 216 Å². The fourth-order valence-electron chi connectivity index (χ4n) is 3.98. The standard InChI is InChI=1S/C23H32ClN5O6S/c1-23(2,3)35-22(32)25-16-10-8-12-28(14-16)20-17(13-15-9-6-7-11-18(15)24)19(21(30)31)26-29(20)36(33,34)27(4)5/h6-7,9,11,16H,8,10,12-14H2,1-5H3,(H,25,32)(H,30,31)/t16-/m1/s1. The second-order valence-electron chi connectivity index (χ2n) is 9.79. The van der Waals surface area contributed by atoms with Crippen LogP contribution in [0.15, 0.2) is 24.3 Å². The summed E-state index contributed by atoms with van der Waals surface area (Å²) in [5.41, 5.74) is -0.198. The second-order valence-corrected chi connectivity index (χ2v) is 12.2. The minimum Gasteiger partial charge on any atom is -0.476 e. The number of benzene rings is 1. The van der Waals surface area contributed by atoms with Crippen molar-refractivity contribution in [3.63, 3.8) is 0 Å². The van der Waals surface area contributed by atoms with Crippen LogP contribution in [0.3, 0.4) is 0 Å². The number of amides is 1. The van der Waals surface area contributed by atoms with Crippen molar-refractivity contribution in [2.75, 3.05) is 32.1 Å². The molecule has 1 aromatic carbocycles. The minimum absolute atomic E-state index is 0.0558. The van der Waals surface area contributed by atoms with Crippen LogP contribution in [0, 0.1) is 0 Å². The summed E-state index contributed by atoms with van der Waals surface area (Å²) in [6.45, 7) is 5.97. The molecule has 1 fully saturated rings. The van der Waals surface area contributed by atoms with Crippen molar-refractivity contribution in [2.45, 2.75) is 51.7 Å². The average Bonchev–Trinajstić information content (AvgIpc) is 3.14. The van der Waals surface area contributed by atoms with E-state index in [2.05, 4.69) is 10.4 Å². The first kappa shape index (κ1) is 27.8. The van der Waals surface area contributed by atoms with Crippen LogP contribution in [0.5, 0.6) is 0 Å². The Hall–Kier alpha value is -2.83. The zero-order valence-corrected chi connectivity index (χ0v) is 22.6. The molecule has 0 unspecified atom stereocenters. The average molecular weight is 542 g/mol. The second kappa shape index (κ2) is 10.7. The molecule has 1 aromatic heterocycles. The maximum atomic E-state index is 13.2. The van der Waals surface area contributed by atoms with Crippen LogP contribution in [0.4, 0.5) is 10.6 Å². The first-order chi connectivity index (χ1) is 16.7. The lowest BCUT2D eigenvalue weighted by Gasteiger charge is -2.35. The molecule has 198 valence electrons. The highest BCUT2D eigenvalue weighted by Crippen LogP contribution is 2.33. The van der Waals surface area contributed by atoms with Crippen molar-refractivity contribution in [2.24, 2.45) is 0 Å². The number of aromatic nitrogens is 2. The quantitative estimate of drug-likeness (QED) is 0.546. The van der Waals surface area contributed by atoms with Crippen molar-refractivity contribution < 1.29 is 27.9 Å². The van der Waals surface area contributed by atoms with Crippen molar-refractivity contribution >= 4 is 39.7 Å². The number of carboxylic acids is 1. The van der Waals surface area contributed by atoms with Gasteiger partial charge in [-0.1, -0.05) is 29.8 Å². The van der Waals surface area contributed by atoms with E-state index >= 15 is 0 Å². The number of halogens is 1. The Morgan fingerprint density at radius 3 is 2.53 bits per heavy atom. The molecule has 11 nitrogen and oxygen atoms in total. The smallest absolute Gasteiger partial charge is 0.407 e. The third-order valence-electron chi connectivity index (χ3n) is 5.58. The Bertz CT molecular complexity index is 1240. The summed E-state index contributed by atoms with van der Waals surface area (Å²) < 4.78 is 33.5. The van der Waals surface area contributed by atoms with E-state index in [1.807, 2.05) is 0 Å². The zero-order valence-electron chi connectivity index (χ0n) is 21.0. The molecule has 3 rings (SSSR count). The van der Waals surface area contributed by atoms with Crippen LogP contribution < -0.4 is 10.2 Å². The van der Waals surface area contributed by atoms with Crippen LogP contribution >= 0.6 is 11.6 Å². The van der Waals surface area contributed by atoms with Gasteiger partial charge in [-0.25, -0.2) is 9.59 Å². The lowest BCUT2D eigenvalue weighted by molar-refractivity contribution is 0.0499. The Morgan fingerprint density at radius 2 is 1.94 bits per heavy atom. The lowest BCUT2D eigenvalue weighted by Crippen LogP contribution is -2.50. The van der Waals surface area contributed by atoms with E-state index in [9.17, 15) is 23.1 Å². The van der Waals surface area contributed by atoms with Crippen LogP contribution in [-0.4, -0.2) is 77.9 Å². The minimum atomic E-state index is -4.17. The van der Waals surface area contributed by atoms with Gasteiger partial charge >= 0.3 is 22.3 Å². The topological polar surface area (TPSA) is 134 Å². The number of rotatable bonds is 7. The lowest BCUT2D eigenvalue weighted by atomic mass is 10.0. The van der Waals surface area contributed by atoms with Gasteiger partial charge in [0.25, 0.3) is 0 Å². The molecule has 1 aliphatic heterocycles. The van der Waals surface area contributed by atoms with E-state index in [0.717, 1.165) is 8.39 Å². The normalized spacial score (nSPS) is 16.8. The maximum Gasteiger partial charge on any atom is 0.407 e. The maximum absolute atomic E-state index is 13.2. The number of carbonyl (C=O) groups is 2. The van der Waals surface area contributed by atoms with Crippen LogP contribution in [0.1, 0.15) is 55.2 Å². The predicted octanol–water partition coefficient (Wildman–Crippen LogP) is 2.97. The molecule has 0 spiro atoms. The van der Waals surface area contributed by atoms with E-state index in [0.29, 0.717) is 30.0 Å². The summed E-state index contributed by atoms with van der Waals surface area (Å²) >= 11 is 6.35. The molecule has 13 heteroatoms. The van der Waals surface area contributed by atoms with Gasteiger partial charge in [0, 0.05) is 50.2 Å². The summed E-state index contributed by atoms with van der Waals surface area (Å²) in [6.07, 6.45) is 0.754. The van der Waals surface area contributed by atoms with Gasteiger partial charge in [-0.15, -0.1) is 9.19 Å². The number of nitrogens with zero attached hydrogens (tertiary/aromatic N) is 4. The van der Waals surface area contributed by atoms with Crippen molar-refractivity contribution in [1.82, 2.24) is 18.8 Å². The molecule has 0 radical (unpaired) electrons. The van der Waals surface area contributed by atoms with Crippen molar-refractivity contribution in [3.8, 4) is 0 Å². The molecule has 0 aliphatic carbocycles. The monoisotopic (exact) mass is 541 g/mol. The predicted molar refractivity (Wildman–Crippen MR) is 136 cm³/mol. The van der Waals surface area contributed by atoms with Gasteiger partial charge in [0.2, 0.25) is 0 Å². The fourth-order valence-corrected chi connectivity index (χ4v) is 5.12. The van der Waals surface area contributed by atoms with Gasteiger partial charge in [-0.2, -0.15) is 12.7 Å². The third-order valence-corrected chi connectivity index (χ3v) is 7.56. The molecular weight excluding hydrogens is 510 g/mol. The molecule has 0 saturated carbocycles. The molecule has 1 atom stereocenters. The van der Waals surface area contributed by atoms with Gasteiger partial charge in [0.05, 0.1) is 0 Å². The summed E-state index contributed by atoms with van der Waals surface area (Å²) in [4.78, 5) is 26.3. The molecule has 2 N–H and O–H groups in total. The SMILES string of the molecule is CN(C)S(=O)(=O)n1nc(C(=O)O)c(Cc2ccccc2Cl)c1N1CCC[C@@H](NC(=O)OC(C)(C)C)C1. The Morgan fingerprint density at radius 1 is 1.28 bits per heavy atom. The van der Waals surface area contributed by atoms with Crippen LogP contribution in [0.2, 0.25) is 5.02 Å². The van der Waals surface area contributed by atoms with Crippen LogP contribution in [-0.2, 0) is 21.4 Å². The number of ether oxygens (including phenoxy) is 1. The highest BCUT2D eigenvalue weighted by molar-refractivity contribution is 7.87. The van der Waals surface area contributed by atoms with E-state index < -0.39 is 27.9 Å². The number of alkyl carbamates (subject to hydrolysis) is 1. The molecule has 1 aliphatic rings. The van der Waals surface area contributed by atoms with Crippen LogP contribution in [0.25, 0.3) is 0 Å². The van der Waals surface area contributed by atoms with Gasteiger partial charge < -0.3 is 20.1 Å². The molecule has 1 amide bonds. The number of piperidine rings is 1. The summed E-state index contributed by atoms with van der Waals surface area (Å²) in [5, 5.41) is 17.2. The molecule has 0 bridgehead atoms. The number of hydrogen-bond acceptors (Lipinski definition) is 7. The first-order valence-electron chi connectivity index (χ1n) is 11.5. The number of carboxylic acid groups (broad SMARTS) is 1. The molecule has 1 saturated heterocycles. The fraction of sp³-hybridized carbons (Fsp3) is 0.522. The summed E-state index contributed by atoms with van der Waals surface area (Å²) in [6, 6.07) is 6.60. The molecule has 36 heavy (non-hydrogen) atoms. The highest BCUT2D eigenvalue weighted by atomic mass is 35.5. The van der Waals surface area contributed by atoms with Gasteiger partial charge in [0.1, 0.15) is 11.4 Å². The van der Waals surface area contributed by atoms with E-state index in [-0.39, 0.29) is 36.1 Å². The molecule has 2 aromatic rings. The molecule has 2 heterocycles. The van der Waals surface area contributed by atoms with E-state index in [1.165, 1.54) is 14.1 Å². The van der Waals surface area contributed by atoms with Gasteiger partial charge in [-0.3, -0.25) is 0 Å². The summed E-state index contributed by atoms with van der Waals surface area (Å²) in [7, 11) is -1.48. The van der Waals surface area contributed by atoms with E-state index in [1.54, 1.807) is 49.9 Å². The number of anilines is 1. The molecular formula is C23H32ClN5O6S. The number of aromatic carboxylic acids is 1. The van der Waals surface area contributed by atoms with Crippen molar-refractivity contribution in [3.05, 3.63) is 46.1 Å². The zero-order chi connectivity index (χ0) is 26.8. The van der Waals surface area contributed by atoms with E-state index in [4.69, 9.17) is 16.3 Å². The summed E-state index contributed by atoms with van der Waals surface area (Å²) in [5.74, 6) is -1.22. The highest BCUT2D eigenvalue weighted by Gasteiger charge is 2.35. The third kappa shape index (κ3) is 6.29. The Balaban J connectivity index is 2.08.